The van der Waals surface area contributed by atoms with Crippen LogP contribution in [0.4, 0.5) is 0 Å². The predicted molar refractivity (Wildman–Crippen MR) is 76.0 cm³/mol. The lowest BCUT2D eigenvalue weighted by molar-refractivity contribution is -0.153. The van der Waals surface area contributed by atoms with Crippen molar-refractivity contribution in [2.45, 2.75) is 52.7 Å². The molecular formula is C14H23NO2S. The number of carbonyl (C=O) groups is 1. The second-order valence-electron chi connectivity index (χ2n) is 5.35. The molecule has 102 valence electrons. The molecule has 0 bridgehead atoms. The summed E-state index contributed by atoms with van der Waals surface area (Å²) in [5.41, 5.74) is -0.416. The molecule has 1 unspecified atom stereocenters. The molecule has 0 amide bonds. The number of hydrogen-bond donors (Lipinski definition) is 1. The SMILES string of the molecule is CCc1ccc(C(C)NCC(=O)OC(C)(C)C)s1. The lowest BCUT2D eigenvalue weighted by Crippen LogP contribution is -2.32. The molecule has 4 heteroatoms. The van der Waals surface area contributed by atoms with Crippen molar-refractivity contribution < 1.29 is 9.53 Å². The van der Waals surface area contributed by atoms with Crippen LogP contribution in [0, 0.1) is 0 Å². The van der Waals surface area contributed by atoms with Gasteiger partial charge in [-0.05, 0) is 46.2 Å². The minimum atomic E-state index is -0.416. The van der Waals surface area contributed by atoms with Crippen LogP contribution >= 0.6 is 11.3 Å². The van der Waals surface area contributed by atoms with Crippen molar-refractivity contribution in [2.24, 2.45) is 0 Å². The fourth-order valence-corrected chi connectivity index (χ4v) is 2.51. The zero-order chi connectivity index (χ0) is 13.8. The van der Waals surface area contributed by atoms with E-state index in [2.05, 4.69) is 31.3 Å². The van der Waals surface area contributed by atoms with Gasteiger partial charge in [-0.2, -0.15) is 0 Å². The normalized spacial score (nSPS) is 13.4. The Morgan fingerprint density at radius 1 is 1.44 bits per heavy atom. The molecule has 0 spiro atoms. The number of carbonyl (C=O) groups excluding carboxylic acids is 1. The third kappa shape index (κ3) is 5.19. The number of esters is 1. The van der Waals surface area contributed by atoms with Gasteiger partial charge in [0.25, 0.3) is 0 Å². The van der Waals surface area contributed by atoms with Gasteiger partial charge >= 0.3 is 5.97 Å². The van der Waals surface area contributed by atoms with E-state index in [1.807, 2.05) is 20.8 Å². The number of hydrogen-bond acceptors (Lipinski definition) is 4. The first-order valence-electron chi connectivity index (χ1n) is 6.35. The fourth-order valence-electron chi connectivity index (χ4n) is 1.53. The van der Waals surface area contributed by atoms with E-state index < -0.39 is 5.60 Å². The molecule has 0 saturated carbocycles. The van der Waals surface area contributed by atoms with Crippen LogP contribution in [0.3, 0.4) is 0 Å². The number of thiophene rings is 1. The Balaban J connectivity index is 2.41. The summed E-state index contributed by atoms with van der Waals surface area (Å²) in [6.07, 6.45) is 1.06. The fraction of sp³-hybridized carbons (Fsp3) is 0.643. The van der Waals surface area contributed by atoms with Gasteiger partial charge in [0.05, 0.1) is 6.54 Å². The Hall–Kier alpha value is -0.870. The van der Waals surface area contributed by atoms with E-state index >= 15 is 0 Å². The summed E-state index contributed by atoms with van der Waals surface area (Å²) in [4.78, 5) is 14.2. The third-order valence-electron chi connectivity index (χ3n) is 2.43. The van der Waals surface area contributed by atoms with Gasteiger partial charge in [0, 0.05) is 15.8 Å². The van der Waals surface area contributed by atoms with Gasteiger partial charge in [-0.3, -0.25) is 10.1 Å². The van der Waals surface area contributed by atoms with E-state index in [1.165, 1.54) is 9.75 Å². The molecule has 0 saturated heterocycles. The zero-order valence-corrected chi connectivity index (χ0v) is 12.7. The minimum Gasteiger partial charge on any atom is -0.459 e. The van der Waals surface area contributed by atoms with E-state index in [9.17, 15) is 4.79 Å². The van der Waals surface area contributed by atoms with Gasteiger partial charge in [0.1, 0.15) is 5.60 Å². The molecule has 1 aromatic heterocycles. The summed E-state index contributed by atoms with van der Waals surface area (Å²) in [5.74, 6) is -0.207. The van der Waals surface area contributed by atoms with Crippen LogP contribution in [0.2, 0.25) is 0 Å². The maximum Gasteiger partial charge on any atom is 0.320 e. The molecule has 3 nitrogen and oxygen atoms in total. The summed E-state index contributed by atoms with van der Waals surface area (Å²) >= 11 is 1.79. The molecule has 1 N–H and O–H groups in total. The topological polar surface area (TPSA) is 38.3 Å². The highest BCUT2D eigenvalue weighted by molar-refractivity contribution is 7.12. The van der Waals surface area contributed by atoms with Crippen molar-refractivity contribution >= 4 is 17.3 Å². The summed E-state index contributed by atoms with van der Waals surface area (Å²) in [7, 11) is 0. The van der Waals surface area contributed by atoms with E-state index in [4.69, 9.17) is 4.74 Å². The highest BCUT2D eigenvalue weighted by Crippen LogP contribution is 2.23. The lowest BCUT2D eigenvalue weighted by atomic mass is 10.2. The largest absolute Gasteiger partial charge is 0.459 e. The molecule has 0 aliphatic rings. The minimum absolute atomic E-state index is 0.183. The predicted octanol–water partition coefficient (Wildman–Crippen LogP) is 3.30. The highest BCUT2D eigenvalue weighted by atomic mass is 32.1. The van der Waals surface area contributed by atoms with Gasteiger partial charge < -0.3 is 4.74 Å². The van der Waals surface area contributed by atoms with E-state index in [1.54, 1.807) is 11.3 Å². The molecule has 0 aromatic carbocycles. The van der Waals surface area contributed by atoms with Crippen LogP contribution in [0.5, 0.6) is 0 Å². The number of nitrogens with one attached hydrogen (secondary N) is 1. The molecule has 0 aliphatic carbocycles. The molecule has 0 aliphatic heterocycles. The number of rotatable bonds is 5. The Kier molecular flexibility index (Phi) is 5.35. The first-order chi connectivity index (χ1) is 8.31. The van der Waals surface area contributed by atoms with Gasteiger partial charge in [-0.25, -0.2) is 0 Å². The quantitative estimate of drug-likeness (QED) is 0.834. The van der Waals surface area contributed by atoms with Crippen molar-refractivity contribution in [2.75, 3.05) is 6.54 Å². The van der Waals surface area contributed by atoms with Gasteiger partial charge in [-0.1, -0.05) is 6.92 Å². The lowest BCUT2D eigenvalue weighted by Gasteiger charge is -2.20. The van der Waals surface area contributed by atoms with Crippen LogP contribution in [0.1, 0.15) is 50.4 Å². The highest BCUT2D eigenvalue weighted by Gasteiger charge is 2.17. The van der Waals surface area contributed by atoms with Gasteiger partial charge in [0.2, 0.25) is 0 Å². The first-order valence-corrected chi connectivity index (χ1v) is 7.17. The second-order valence-corrected chi connectivity index (χ2v) is 6.55. The number of ether oxygens (including phenoxy) is 1. The van der Waals surface area contributed by atoms with E-state index in [0.717, 1.165) is 6.42 Å². The first kappa shape index (κ1) is 15.2. The zero-order valence-electron chi connectivity index (χ0n) is 11.9. The summed E-state index contributed by atoms with van der Waals surface area (Å²) in [6.45, 7) is 10.1. The Morgan fingerprint density at radius 3 is 2.61 bits per heavy atom. The van der Waals surface area contributed by atoms with Crippen molar-refractivity contribution in [1.29, 1.82) is 0 Å². The second kappa shape index (κ2) is 6.34. The summed E-state index contributed by atoms with van der Waals surface area (Å²) in [5, 5.41) is 3.19. The molecular weight excluding hydrogens is 246 g/mol. The molecule has 18 heavy (non-hydrogen) atoms. The smallest absolute Gasteiger partial charge is 0.320 e. The van der Waals surface area contributed by atoms with E-state index in [0.29, 0.717) is 0 Å². The van der Waals surface area contributed by atoms with Crippen LogP contribution in [0.15, 0.2) is 12.1 Å². The van der Waals surface area contributed by atoms with Crippen LogP contribution < -0.4 is 5.32 Å². The average molecular weight is 269 g/mol. The molecule has 1 atom stereocenters. The van der Waals surface area contributed by atoms with Crippen LogP contribution in [-0.2, 0) is 16.0 Å². The van der Waals surface area contributed by atoms with Crippen molar-refractivity contribution in [3.05, 3.63) is 21.9 Å². The van der Waals surface area contributed by atoms with Crippen molar-refractivity contribution in [3.63, 3.8) is 0 Å². The Labute approximate surface area is 114 Å². The third-order valence-corrected chi connectivity index (χ3v) is 3.84. The van der Waals surface area contributed by atoms with Crippen molar-refractivity contribution in [3.8, 4) is 0 Å². The van der Waals surface area contributed by atoms with Gasteiger partial charge in [-0.15, -0.1) is 11.3 Å². The van der Waals surface area contributed by atoms with Crippen LogP contribution in [-0.4, -0.2) is 18.1 Å². The van der Waals surface area contributed by atoms with E-state index in [-0.39, 0.29) is 18.6 Å². The maximum absolute atomic E-state index is 11.6. The maximum atomic E-state index is 11.6. The van der Waals surface area contributed by atoms with Crippen molar-refractivity contribution in [1.82, 2.24) is 5.32 Å². The molecule has 0 radical (unpaired) electrons. The average Bonchev–Trinajstić information content (AvgIpc) is 2.72. The summed E-state index contributed by atoms with van der Waals surface area (Å²) in [6, 6.07) is 4.45. The molecule has 0 fully saturated rings. The van der Waals surface area contributed by atoms with Gasteiger partial charge in [0.15, 0.2) is 0 Å². The monoisotopic (exact) mass is 269 g/mol. The standard InChI is InChI=1S/C14H23NO2S/c1-6-11-7-8-12(18-11)10(2)15-9-13(16)17-14(3,4)5/h7-8,10,15H,6,9H2,1-5H3. The Morgan fingerprint density at radius 2 is 2.11 bits per heavy atom. The summed E-state index contributed by atoms with van der Waals surface area (Å²) < 4.78 is 5.25. The van der Waals surface area contributed by atoms with Crippen LogP contribution in [0.25, 0.3) is 0 Å². The number of aryl methyl sites for hydroxylation is 1. The molecule has 1 aromatic rings. The molecule has 1 heterocycles. The molecule has 1 rings (SSSR count). The Bertz CT molecular complexity index is 393.